The van der Waals surface area contributed by atoms with E-state index in [-0.39, 0.29) is 6.54 Å². The van der Waals surface area contributed by atoms with Gasteiger partial charge in [0.05, 0.1) is 13.1 Å². The van der Waals surface area contributed by atoms with Gasteiger partial charge in [0.25, 0.3) is 0 Å². The molecule has 3 nitrogen and oxygen atoms in total. The van der Waals surface area contributed by atoms with Crippen LogP contribution >= 0.6 is 15.9 Å². The van der Waals surface area contributed by atoms with Crippen LogP contribution in [0.5, 0.6) is 0 Å². The molecule has 0 unspecified atom stereocenters. The van der Waals surface area contributed by atoms with E-state index < -0.39 is 30.8 Å². The first-order valence-corrected chi connectivity index (χ1v) is 7.91. The summed E-state index contributed by atoms with van der Waals surface area (Å²) in [5.74, 6) is -0.671. The maximum absolute atomic E-state index is 12.7. The zero-order chi connectivity index (χ0) is 17.8. The van der Waals surface area contributed by atoms with Crippen molar-refractivity contribution < 1.29 is 22.7 Å². The molecule has 0 bridgehead atoms. The van der Waals surface area contributed by atoms with E-state index in [1.54, 1.807) is 39.0 Å². The molecule has 0 N–H and O–H groups in total. The predicted octanol–water partition coefficient (Wildman–Crippen LogP) is 4.46. The van der Waals surface area contributed by atoms with Crippen molar-refractivity contribution in [1.29, 1.82) is 0 Å². The Balaban J connectivity index is 2.83. The largest absolute Gasteiger partial charge is 0.459 e. The molecule has 0 amide bonds. The van der Waals surface area contributed by atoms with Crippen LogP contribution in [0, 0.1) is 6.92 Å². The third kappa shape index (κ3) is 8.37. The molecule has 1 rings (SSSR count). The van der Waals surface area contributed by atoms with Crippen LogP contribution in [-0.4, -0.2) is 35.7 Å². The first kappa shape index (κ1) is 20.0. The number of carbonyl (C=O) groups is 1. The van der Waals surface area contributed by atoms with Crippen molar-refractivity contribution in [3.8, 4) is 0 Å². The molecule has 1 aromatic carbocycles. The highest BCUT2D eigenvalue weighted by Gasteiger charge is 2.32. The number of rotatable bonds is 5. The van der Waals surface area contributed by atoms with E-state index in [0.29, 0.717) is 5.56 Å². The van der Waals surface area contributed by atoms with Crippen LogP contribution in [-0.2, 0) is 16.1 Å². The maximum atomic E-state index is 12.7. The third-order valence-corrected chi connectivity index (χ3v) is 3.69. The summed E-state index contributed by atoms with van der Waals surface area (Å²) in [6.45, 7) is 5.33. The van der Waals surface area contributed by atoms with E-state index in [0.717, 1.165) is 14.9 Å². The second-order valence-electron chi connectivity index (χ2n) is 6.43. The van der Waals surface area contributed by atoms with E-state index in [9.17, 15) is 18.0 Å². The van der Waals surface area contributed by atoms with Gasteiger partial charge in [-0.15, -0.1) is 0 Å². The SMILES string of the molecule is Cc1cc(CN(CC(=O)OC(C)(C)C)CC(F)(F)F)ccc1Br. The molecule has 0 atom stereocenters. The number of esters is 1. The molecule has 0 aliphatic carbocycles. The van der Waals surface area contributed by atoms with Gasteiger partial charge < -0.3 is 4.74 Å². The Labute approximate surface area is 142 Å². The highest BCUT2D eigenvalue weighted by molar-refractivity contribution is 9.10. The van der Waals surface area contributed by atoms with Crippen molar-refractivity contribution in [3.05, 3.63) is 33.8 Å². The molecule has 0 saturated carbocycles. The Morgan fingerprint density at radius 2 is 1.87 bits per heavy atom. The van der Waals surface area contributed by atoms with E-state index in [1.807, 2.05) is 6.92 Å². The number of aryl methyl sites for hydroxylation is 1. The van der Waals surface area contributed by atoms with Crippen molar-refractivity contribution in [2.75, 3.05) is 13.1 Å². The summed E-state index contributed by atoms with van der Waals surface area (Å²) >= 11 is 3.35. The van der Waals surface area contributed by atoms with Crippen molar-refractivity contribution >= 4 is 21.9 Å². The fourth-order valence-corrected chi connectivity index (χ4v) is 2.29. The lowest BCUT2D eigenvalue weighted by Crippen LogP contribution is -2.39. The number of alkyl halides is 3. The number of carbonyl (C=O) groups excluding carboxylic acids is 1. The lowest BCUT2D eigenvalue weighted by molar-refractivity contribution is -0.164. The lowest BCUT2D eigenvalue weighted by Gasteiger charge is -2.26. The minimum Gasteiger partial charge on any atom is -0.459 e. The van der Waals surface area contributed by atoms with E-state index in [4.69, 9.17) is 4.74 Å². The van der Waals surface area contributed by atoms with Crippen LogP contribution in [0.1, 0.15) is 31.9 Å². The van der Waals surface area contributed by atoms with Crippen LogP contribution < -0.4 is 0 Å². The highest BCUT2D eigenvalue weighted by atomic mass is 79.9. The standard InChI is InChI=1S/C16H21BrF3NO2/c1-11-7-12(5-6-13(11)17)8-21(10-16(18,19)20)9-14(22)23-15(2,3)4/h5-7H,8-10H2,1-4H3. The molecule has 0 saturated heterocycles. The van der Waals surface area contributed by atoms with Gasteiger partial charge in [0.2, 0.25) is 0 Å². The molecular formula is C16H21BrF3NO2. The van der Waals surface area contributed by atoms with Crippen LogP contribution in [0.2, 0.25) is 0 Å². The van der Waals surface area contributed by atoms with Gasteiger partial charge in [0.15, 0.2) is 0 Å². The van der Waals surface area contributed by atoms with Crippen molar-refractivity contribution in [1.82, 2.24) is 4.90 Å². The van der Waals surface area contributed by atoms with Gasteiger partial charge in [0.1, 0.15) is 5.60 Å². The fourth-order valence-electron chi connectivity index (χ4n) is 2.04. The first-order chi connectivity index (χ1) is 10.4. The Morgan fingerprint density at radius 1 is 1.26 bits per heavy atom. The van der Waals surface area contributed by atoms with Gasteiger partial charge in [-0.2, -0.15) is 13.2 Å². The highest BCUT2D eigenvalue weighted by Crippen LogP contribution is 2.21. The Hall–Kier alpha value is -1.08. The summed E-state index contributed by atoms with van der Waals surface area (Å²) in [6.07, 6.45) is -4.38. The quantitative estimate of drug-likeness (QED) is 0.689. The minimum absolute atomic E-state index is 0.0207. The molecule has 0 fully saturated rings. The second kappa shape index (κ2) is 7.66. The molecule has 23 heavy (non-hydrogen) atoms. The number of ether oxygens (including phenoxy) is 1. The van der Waals surface area contributed by atoms with Crippen LogP contribution in [0.3, 0.4) is 0 Å². The third-order valence-electron chi connectivity index (χ3n) is 2.80. The van der Waals surface area contributed by atoms with Gasteiger partial charge in [-0.05, 0) is 44.9 Å². The van der Waals surface area contributed by atoms with Gasteiger partial charge in [0, 0.05) is 11.0 Å². The number of halogens is 4. The Bertz CT molecular complexity index is 553. The molecule has 0 aromatic heterocycles. The second-order valence-corrected chi connectivity index (χ2v) is 7.28. The maximum Gasteiger partial charge on any atom is 0.401 e. The fraction of sp³-hybridized carbons (Fsp3) is 0.562. The van der Waals surface area contributed by atoms with E-state index in [2.05, 4.69) is 15.9 Å². The zero-order valence-electron chi connectivity index (χ0n) is 13.6. The summed E-state index contributed by atoms with van der Waals surface area (Å²) in [5, 5.41) is 0. The molecular weight excluding hydrogens is 375 g/mol. The van der Waals surface area contributed by atoms with Gasteiger partial charge in [-0.3, -0.25) is 9.69 Å². The predicted molar refractivity (Wildman–Crippen MR) is 86.1 cm³/mol. The van der Waals surface area contributed by atoms with Crippen molar-refractivity contribution in [2.24, 2.45) is 0 Å². The number of benzene rings is 1. The van der Waals surface area contributed by atoms with Gasteiger partial charge in [-0.25, -0.2) is 0 Å². The molecule has 130 valence electrons. The van der Waals surface area contributed by atoms with Crippen molar-refractivity contribution in [2.45, 2.75) is 46.0 Å². The summed E-state index contributed by atoms with van der Waals surface area (Å²) in [4.78, 5) is 12.9. The van der Waals surface area contributed by atoms with Gasteiger partial charge in [-0.1, -0.05) is 28.1 Å². The topological polar surface area (TPSA) is 29.5 Å². The average molecular weight is 396 g/mol. The number of nitrogens with zero attached hydrogens (tertiary/aromatic N) is 1. The molecule has 0 radical (unpaired) electrons. The van der Waals surface area contributed by atoms with E-state index in [1.165, 1.54) is 0 Å². The normalized spacial score (nSPS) is 12.6. The van der Waals surface area contributed by atoms with Crippen LogP contribution in [0.25, 0.3) is 0 Å². The molecule has 7 heteroatoms. The smallest absolute Gasteiger partial charge is 0.401 e. The summed E-state index contributed by atoms with van der Waals surface area (Å²) in [6, 6.07) is 5.31. The molecule has 0 aliphatic heterocycles. The summed E-state index contributed by atoms with van der Waals surface area (Å²) in [5.41, 5.74) is 0.903. The summed E-state index contributed by atoms with van der Waals surface area (Å²) in [7, 11) is 0. The average Bonchev–Trinajstić information content (AvgIpc) is 2.29. The molecule has 0 heterocycles. The molecule has 1 aromatic rings. The van der Waals surface area contributed by atoms with Gasteiger partial charge >= 0.3 is 12.1 Å². The monoisotopic (exact) mass is 395 g/mol. The first-order valence-electron chi connectivity index (χ1n) is 7.12. The molecule has 0 spiro atoms. The minimum atomic E-state index is -4.38. The number of hydrogen-bond acceptors (Lipinski definition) is 3. The molecule has 0 aliphatic rings. The van der Waals surface area contributed by atoms with E-state index >= 15 is 0 Å². The zero-order valence-corrected chi connectivity index (χ0v) is 15.2. The summed E-state index contributed by atoms with van der Waals surface area (Å²) < 4.78 is 44.2. The lowest BCUT2D eigenvalue weighted by atomic mass is 10.1. The number of hydrogen-bond donors (Lipinski definition) is 0. The Kier molecular flexibility index (Phi) is 6.65. The van der Waals surface area contributed by atoms with Crippen molar-refractivity contribution in [3.63, 3.8) is 0 Å². The van der Waals surface area contributed by atoms with Crippen LogP contribution in [0.4, 0.5) is 13.2 Å². The Morgan fingerprint density at radius 3 is 2.35 bits per heavy atom. The van der Waals surface area contributed by atoms with Crippen LogP contribution in [0.15, 0.2) is 22.7 Å².